The number of allylic oxidation sites excluding steroid dienone is 2. The van der Waals surface area contributed by atoms with Crippen molar-refractivity contribution in [3.05, 3.63) is 199 Å². The van der Waals surface area contributed by atoms with Gasteiger partial charge >= 0.3 is 0 Å². The number of aromatic nitrogens is 1. The molecule has 3 aromatic heterocycles. The van der Waals surface area contributed by atoms with Gasteiger partial charge in [-0.2, -0.15) is 0 Å². The predicted octanol–water partition coefficient (Wildman–Crippen LogP) is 13.9. The van der Waals surface area contributed by atoms with Gasteiger partial charge in [-0.1, -0.05) is 128 Å². The Hall–Kier alpha value is -7.30. The number of hydrogen-bond acceptors (Lipinski definition) is 4. The summed E-state index contributed by atoms with van der Waals surface area (Å²) in [6.07, 6.45) is 3.96. The van der Waals surface area contributed by atoms with Crippen LogP contribution in [-0.2, 0) is 0 Å². The Kier molecular flexibility index (Phi) is 7.81. The standard InChI is InChI=1S/C51H34N2O2/c1-32(30-46(36-12-4-3-5-13-36)53-33(2)34-20-22-35(23-21-34)39-28-29-52-45-17-9-6-14-41(39)45)38-26-27-40(51-50(38)44-16-8-11-19-48(44)55-51)37-24-25-43-42-15-7-10-18-47(42)54-49(43)31-37/h3-31H,1H2,2H3/b46-30-,53-33?. The number of fused-ring (bicyclic) bond motifs is 7. The molecule has 10 aromatic rings. The third-order valence-electron chi connectivity index (χ3n) is 10.5. The minimum atomic E-state index is 0.812. The van der Waals surface area contributed by atoms with Crippen LogP contribution in [-0.4, -0.2) is 10.7 Å². The first-order valence-corrected chi connectivity index (χ1v) is 18.4. The molecule has 0 unspecified atom stereocenters. The molecule has 0 fully saturated rings. The van der Waals surface area contributed by atoms with E-state index in [1.807, 2.05) is 66.9 Å². The number of aliphatic imine (C=N–C) groups is 1. The summed E-state index contributed by atoms with van der Waals surface area (Å²) < 4.78 is 12.9. The Morgan fingerprint density at radius 1 is 0.564 bits per heavy atom. The van der Waals surface area contributed by atoms with E-state index in [-0.39, 0.29) is 0 Å². The fourth-order valence-corrected chi connectivity index (χ4v) is 7.73. The molecule has 0 aliphatic rings. The van der Waals surface area contributed by atoms with Crippen molar-refractivity contribution < 1.29 is 8.83 Å². The topological polar surface area (TPSA) is 51.5 Å². The summed E-state index contributed by atoms with van der Waals surface area (Å²) in [6, 6.07) is 56.3. The molecule has 0 atom stereocenters. The van der Waals surface area contributed by atoms with Gasteiger partial charge in [0.1, 0.15) is 22.3 Å². The van der Waals surface area contributed by atoms with Crippen LogP contribution in [0.4, 0.5) is 0 Å². The van der Waals surface area contributed by atoms with E-state index in [4.69, 9.17) is 13.8 Å². The molecule has 0 N–H and O–H groups in total. The van der Waals surface area contributed by atoms with Crippen LogP contribution in [0.1, 0.15) is 23.6 Å². The summed E-state index contributed by atoms with van der Waals surface area (Å²) in [6.45, 7) is 6.70. The maximum Gasteiger partial charge on any atom is 0.143 e. The zero-order valence-corrected chi connectivity index (χ0v) is 30.2. The largest absolute Gasteiger partial charge is 0.456 e. The normalized spacial score (nSPS) is 12.4. The minimum Gasteiger partial charge on any atom is -0.456 e. The molecule has 0 aliphatic heterocycles. The number of benzene rings is 7. The van der Waals surface area contributed by atoms with Crippen molar-refractivity contribution in [2.75, 3.05) is 0 Å². The van der Waals surface area contributed by atoms with E-state index in [0.717, 1.165) is 111 Å². The van der Waals surface area contributed by atoms with Crippen LogP contribution in [0, 0.1) is 0 Å². The van der Waals surface area contributed by atoms with Gasteiger partial charge < -0.3 is 8.83 Å². The number of hydrogen-bond donors (Lipinski definition) is 0. The van der Waals surface area contributed by atoms with Crippen LogP contribution >= 0.6 is 0 Å². The van der Waals surface area contributed by atoms with Gasteiger partial charge in [-0.25, -0.2) is 0 Å². The number of furan rings is 2. The lowest BCUT2D eigenvalue weighted by Gasteiger charge is -2.11. The highest BCUT2D eigenvalue weighted by Gasteiger charge is 2.19. The number of rotatable bonds is 7. The summed E-state index contributed by atoms with van der Waals surface area (Å²) in [5.74, 6) is 0. The molecule has 0 saturated carbocycles. The van der Waals surface area contributed by atoms with Gasteiger partial charge in [0.2, 0.25) is 0 Å². The highest BCUT2D eigenvalue weighted by molar-refractivity contribution is 6.16. The summed E-state index contributed by atoms with van der Waals surface area (Å²) in [5, 5.41) is 5.40. The molecular formula is C51H34N2O2. The number of para-hydroxylation sites is 3. The lowest BCUT2D eigenvalue weighted by atomic mass is 9.94. The van der Waals surface area contributed by atoms with E-state index in [1.54, 1.807) is 0 Å². The Labute approximate surface area is 318 Å². The zero-order valence-electron chi connectivity index (χ0n) is 30.2. The quantitative estimate of drug-likeness (QED) is 0.122. The van der Waals surface area contributed by atoms with Crippen LogP contribution in [0.3, 0.4) is 0 Å². The maximum atomic E-state index is 6.65. The highest BCUT2D eigenvalue weighted by atomic mass is 16.3. The summed E-state index contributed by atoms with van der Waals surface area (Å²) in [4.78, 5) is 9.79. The molecule has 0 radical (unpaired) electrons. The average Bonchev–Trinajstić information content (AvgIpc) is 3.82. The van der Waals surface area contributed by atoms with Gasteiger partial charge in [0, 0.05) is 50.0 Å². The lowest BCUT2D eigenvalue weighted by molar-refractivity contribution is 0.668. The SMILES string of the molecule is C=C(/C=C(\N=C(C)c1ccc(-c2ccnc3ccccc23)cc1)c1ccccc1)c1ccc(-c2ccc3c(c2)oc2ccccc23)c2oc3ccccc3c12. The summed E-state index contributed by atoms with van der Waals surface area (Å²) in [5.41, 5.74) is 14.3. The number of nitrogens with zero attached hydrogens (tertiary/aromatic N) is 2. The zero-order chi connectivity index (χ0) is 36.9. The fraction of sp³-hybridized carbons (Fsp3) is 0.0196. The molecule has 3 heterocycles. The molecule has 4 heteroatoms. The molecule has 0 amide bonds. The summed E-state index contributed by atoms with van der Waals surface area (Å²) >= 11 is 0. The first-order chi connectivity index (χ1) is 27.1. The molecule has 4 nitrogen and oxygen atoms in total. The summed E-state index contributed by atoms with van der Waals surface area (Å²) in [7, 11) is 0. The van der Waals surface area contributed by atoms with Gasteiger partial charge in [0.15, 0.2) is 0 Å². The monoisotopic (exact) mass is 706 g/mol. The second kappa shape index (κ2) is 13.3. The Bertz CT molecular complexity index is 3160. The second-order valence-electron chi connectivity index (χ2n) is 13.8. The third-order valence-corrected chi connectivity index (χ3v) is 10.5. The Morgan fingerprint density at radius 2 is 1.24 bits per heavy atom. The molecule has 0 spiro atoms. The fourth-order valence-electron chi connectivity index (χ4n) is 7.73. The van der Waals surface area contributed by atoms with E-state index in [9.17, 15) is 0 Å². The van der Waals surface area contributed by atoms with Crippen LogP contribution in [0.2, 0.25) is 0 Å². The molecule has 7 aromatic carbocycles. The second-order valence-corrected chi connectivity index (χ2v) is 13.8. The van der Waals surface area contributed by atoms with Crippen LogP contribution < -0.4 is 0 Å². The first kappa shape index (κ1) is 32.4. The van der Waals surface area contributed by atoms with E-state index in [2.05, 4.69) is 128 Å². The van der Waals surface area contributed by atoms with Crippen molar-refractivity contribution in [2.24, 2.45) is 4.99 Å². The number of pyridine rings is 1. The van der Waals surface area contributed by atoms with Crippen molar-refractivity contribution in [1.82, 2.24) is 4.98 Å². The molecule has 0 bridgehead atoms. The van der Waals surface area contributed by atoms with E-state index < -0.39 is 0 Å². The van der Waals surface area contributed by atoms with E-state index >= 15 is 0 Å². The molecule has 0 aliphatic carbocycles. The van der Waals surface area contributed by atoms with Crippen molar-refractivity contribution in [1.29, 1.82) is 0 Å². The molecular weight excluding hydrogens is 673 g/mol. The Balaban J connectivity index is 1.06. The smallest absolute Gasteiger partial charge is 0.143 e. The Morgan fingerprint density at radius 3 is 2.05 bits per heavy atom. The minimum absolute atomic E-state index is 0.812. The van der Waals surface area contributed by atoms with Crippen molar-refractivity contribution in [3.8, 4) is 22.3 Å². The van der Waals surface area contributed by atoms with Crippen LogP contribution in [0.15, 0.2) is 196 Å². The highest BCUT2D eigenvalue weighted by Crippen LogP contribution is 2.42. The van der Waals surface area contributed by atoms with Crippen molar-refractivity contribution >= 4 is 71.8 Å². The average molecular weight is 707 g/mol. The molecule has 0 saturated heterocycles. The van der Waals surface area contributed by atoms with Crippen molar-refractivity contribution in [2.45, 2.75) is 6.92 Å². The van der Waals surface area contributed by atoms with E-state index in [0.29, 0.717) is 0 Å². The van der Waals surface area contributed by atoms with Gasteiger partial charge in [0.05, 0.1) is 11.2 Å². The van der Waals surface area contributed by atoms with E-state index in [1.165, 1.54) is 0 Å². The van der Waals surface area contributed by atoms with Crippen LogP contribution in [0.5, 0.6) is 0 Å². The van der Waals surface area contributed by atoms with Gasteiger partial charge in [-0.05, 0) is 88.9 Å². The first-order valence-electron chi connectivity index (χ1n) is 18.4. The lowest BCUT2D eigenvalue weighted by Crippen LogP contribution is -1.96. The predicted molar refractivity (Wildman–Crippen MR) is 229 cm³/mol. The third kappa shape index (κ3) is 5.72. The van der Waals surface area contributed by atoms with Gasteiger partial charge in [-0.15, -0.1) is 0 Å². The van der Waals surface area contributed by atoms with Crippen LogP contribution in [0.25, 0.3) is 88.3 Å². The van der Waals surface area contributed by atoms with Gasteiger partial charge in [0.25, 0.3) is 0 Å². The molecule has 55 heavy (non-hydrogen) atoms. The molecule has 260 valence electrons. The van der Waals surface area contributed by atoms with Gasteiger partial charge in [-0.3, -0.25) is 9.98 Å². The maximum absolute atomic E-state index is 6.65. The van der Waals surface area contributed by atoms with Crippen molar-refractivity contribution in [3.63, 3.8) is 0 Å². The molecule has 10 rings (SSSR count).